The van der Waals surface area contributed by atoms with Crippen molar-refractivity contribution >= 4 is 5.84 Å². The largest absolute Gasteiger partial charge is 0.494 e. The Kier molecular flexibility index (Phi) is 5.33. The minimum atomic E-state index is -0.0880. The topological polar surface area (TPSA) is 68.3 Å². The zero-order chi connectivity index (χ0) is 12.7. The van der Waals surface area contributed by atoms with Crippen LogP contribution in [0.25, 0.3) is 0 Å². The first-order valence-corrected chi connectivity index (χ1v) is 5.84. The van der Waals surface area contributed by atoms with Gasteiger partial charge in [-0.15, -0.1) is 0 Å². The summed E-state index contributed by atoms with van der Waals surface area (Å²) in [5, 5.41) is 7.18. The summed E-state index contributed by atoms with van der Waals surface area (Å²) < 4.78 is 11.1. The van der Waals surface area contributed by atoms with Crippen molar-refractivity contribution in [3.8, 4) is 11.5 Å². The van der Waals surface area contributed by atoms with Gasteiger partial charge in [0.05, 0.1) is 12.4 Å². The molecule has 0 aliphatic carbocycles. The van der Waals surface area contributed by atoms with Gasteiger partial charge in [0.2, 0.25) is 0 Å². The summed E-state index contributed by atoms with van der Waals surface area (Å²) >= 11 is 0. The van der Waals surface area contributed by atoms with Crippen molar-refractivity contribution in [1.29, 1.82) is 5.41 Å². The van der Waals surface area contributed by atoms with E-state index in [9.17, 15) is 0 Å². The van der Waals surface area contributed by atoms with E-state index in [0.717, 1.165) is 24.5 Å². The van der Waals surface area contributed by atoms with Crippen molar-refractivity contribution < 1.29 is 9.47 Å². The van der Waals surface area contributed by atoms with Crippen LogP contribution in [0.4, 0.5) is 0 Å². The van der Waals surface area contributed by atoms with Crippen LogP contribution in [0.3, 0.4) is 0 Å². The van der Waals surface area contributed by atoms with Crippen LogP contribution in [0.15, 0.2) is 24.3 Å². The van der Waals surface area contributed by atoms with Gasteiger partial charge in [0, 0.05) is 6.42 Å². The summed E-state index contributed by atoms with van der Waals surface area (Å²) in [6.45, 7) is 4.69. The lowest BCUT2D eigenvalue weighted by atomic mass is 10.2. The van der Waals surface area contributed by atoms with E-state index in [2.05, 4.69) is 6.92 Å². The molecule has 0 aliphatic heterocycles. The molecule has 1 aromatic carbocycles. The van der Waals surface area contributed by atoms with Crippen LogP contribution in [0.2, 0.25) is 0 Å². The van der Waals surface area contributed by atoms with E-state index in [-0.39, 0.29) is 11.9 Å². The van der Waals surface area contributed by atoms with Gasteiger partial charge in [-0.3, -0.25) is 5.41 Å². The summed E-state index contributed by atoms with van der Waals surface area (Å²) in [5.74, 6) is 1.75. The molecule has 17 heavy (non-hydrogen) atoms. The lowest BCUT2D eigenvalue weighted by Crippen LogP contribution is -2.21. The quantitative estimate of drug-likeness (QED) is 0.564. The van der Waals surface area contributed by atoms with Crippen LogP contribution < -0.4 is 15.2 Å². The fourth-order valence-corrected chi connectivity index (χ4v) is 1.42. The Hall–Kier alpha value is -1.71. The average molecular weight is 236 g/mol. The summed E-state index contributed by atoms with van der Waals surface area (Å²) in [5.41, 5.74) is 5.31. The third-order valence-corrected chi connectivity index (χ3v) is 2.14. The molecular weight excluding hydrogens is 216 g/mol. The number of hydrogen-bond donors (Lipinski definition) is 2. The number of nitrogens with one attached hydrogen (secondary N) is 1. The first-order chi connectivity index (χ1) is 8.11. The van der Waals surface area contributed by atoms with E-state index in [4.69, 9.17) is 20.6 Å². The fraction of sp³-hybridized carbons (Fsp3) is 0.462. The van der Waals surface area contributed by atoms with Gasteiger partial charge in [0.25, 0.3) is 0 Å². The first-order valence-electron chi connectivity index (χ1n) is 5.84. The highest BCUT2D eigenvalue weighted by Crippen LogP contribution is 2.19. The van der Waals surface area contributed by atoms with E-state index in [1.165, 1.54) is 0 Å². The van der Waals surface area contributed by atoms with Gasteiger partial charge in [0.1, 0.15) is 17.6 Å². The Balaban J connectivity index is 2.47. The van der Waals surface area contributed by atoms with Gasteiger partial charge < -0.3 is 15.2 Å². The van der Waals surface area contributed by atoms with Crippen LogP contribution in [0, 0.1) is 5.41 Å². The number of ether oxygens (including phenoxy) is 2. The van der Waals surface area contributed by atoms with Gasteiger partial charge in [-0.1, -0.05) is 6.92 Å². The number of hydrogen-bond acceptors (Lipinski definition) is 3. The summed E-state index contributed by atoms with van der Waals surface area (Å²) in [6.07, 6.45) is 1.34. The van der Waals surface area contributed by atoms with Gasteiger partial charge >= 0.3 is 0 Å². The Morgan fingerprint density at radius 3 is 2.41 bits per heavy atom. The third-order valence-electron chi connectivity index (χ3n) is 2.14. The molecular formula is C13H20N2O2. The van der Waals surface area contributed by atoms with Crippen LogP contribution in [0.5, 0.6) is 11.5 Å². The van der Waals surface area contributed by atoms with Crippen LogP contribution in [-0.2, 0) is 0 Å². The fourth-order valence-electron chi connectivity index (χ4n) is 1.42. The van der Waals surface area contributed by atoms with Crippen LogP contribution >= 0.6 is 0 Å². The molecule has 1 unspecified atom stereocenters. The second-order valence-corrected chi connectivity index (χ2v) is 3.98. The standard InChI is InChI=1S/C13H20N2O2/c1-3-8-16-11-4-6-12(7-5-11)17-10(2)9-13(14)15/h4-7,10H,3,8-9H2,1-2H3,(H3,14,15). The SMILES string of the molecule is CCCOc1ccc(OC(C)CC(=N)N)cc1. The van der Waals surface area contributed by atoms with E-state index in [1.54, 1.807) is 0 Å². The van der Waals surface area contributed by atoms with Gasteiger partial charge in [-0.05, 0) is 37.6 Å². The Bertz CT molecular complexity index is 349. The summed E-state index contributed by atoms with van der Waals surface area (Å²) in [4.78, 5) is 0. The zero-order valence-electron chi connectivity index (χ0n) is 10.4. The molecule has 1 rings (SSSR count). The molecule has 0 spiro atoms. The molecule has 4 heteroatoms. The smallest absolute Gasteiger partial charge is 0.119 e. The van der Waals surface area contributed by atoms with Crippen molar-refractivity contribution in [2.45, 2.75) is 32.8 Å². The molecule has 0 saturated carbocycles. The normalized spacial score (nSPS) is 11.9. The maximum Gasteiger partial charge on any atom is 0.119 e. The summed E-state index contributed by atoms with van der Waals surface area (Å²) in [6, 6.07) is 7.49. The van der Waals surface area contributed by atoms with Crippen LogP contribution in [0.1, 0.15) is 26.7 Å². The highest BCUT2D eigenvalue weighted by molar-refractivity contribution is 5.77. The molecule has 0 radical (unpaired) electrons. The van der Waals surface area contributed by atoms with E-state index < -0.39 is 0 Å². The van der Waals surface area contributed by atoms with E-state index in [0.29, 0.717) is 6.42 Å². The van der Waals surface area contributed by atoms with Gasteiger partial charge in [-0.25, -0.2) is 0 Å². The van der Waals surface area contributed by atoms with Crippen molar-refractivity contribution in [2.75, 3.05) is 6.61 Å². The second-order valence-electron chi connectivity index (χ2n) is 3.98. The highest BCUT2D eigenvalue weighted by atomic mass is 16.5. The monoisotopic (exact) mass is 236 g/mol. The molecule has 0 aromatic heterocycles. The maximum absolute atomic E-state index is 7.18. The second kappa shape index (κ2) is 6.78. The van der Waals surface area contributed by atoms with Crippen molar-refractivity contribution in [3.63, 3.8) is 0 Å². The maximum atomic E-state index is 7.18. The molecule has 1 aromatic rings. The predicted octanol–water partition coefficient (Wildman–Crippen LogP) is 2.57. The molecule has 94 valence electrons. The highest BCUT2D eigenvalue weighted by Gasteiger charge is 2.05. The van der Waals surface area contributed by atoms with Gasteiger partial charge in [-0.2, -0.15) is 0 Å². The Morgan fingerprint density at radius 1 is 1.29 bits per heavy atom. The Morgan fingerprint density at radius 2 is 1.88 bits per heavy atom. The number of rotatable bonds is 7. The third kappa shape index (κ3) is 5.24. The van der Waals surface area contributed by atoms with Crippen molar-refractivity contribution in [1.82, 2.24) is 0 Å². The van der Waals surface area contributed by atoms with Crippen molar-refractivity contribution in [2.24, 2.45) is 5.73 Å². The molecule has 1 atom stereocenters. The van der Waals surface area contributed by atoms with E-state index >= 15 is 0 Å². The zero-order valence-corrected chi connectivity index (χ0v) is 10.4. The number of amidine groups is 1. The minimum Gasteiger partial charge on any atom is -0.494 e. The summed E-state index contributed by atoms with van der Waals surface area (Å²) in [7, 11) is 0. The molecule has 0 amide bonds. The Labute approximate surface area is 102 Å². The first kappa shape index (κ1) is 13.4. The molecule has 4 nitrogen and oxygen atoms in total. The molecule has 0 saturated heterocycles. The predicted molar refractivity (Wildman–Crippen MR) is 68.8 cm³/mol. The van der Waals surface area contributed by atoms with E-state index in [1.807, 2.05) is 31.2 Å². The lowest BCUT2D eigenvalue weighted by molar-refractivity contribution is 0.229. The molecule has 0 heterocycles. The minimum absolute atomic E-state index is 0.0880. The molecule has 0 fully saturated rings. The molecule has 0 aliphatic rings. The number of benzene rings is 1. The van der Waals surface area contributed by atoms with Crippen molar-refractivity contribution in [3.05, 3.63) is 24.3 Å². The number of nitrogens with two attached hydrogens (primary N) is 1. The average Bonchev–Trinajstić information content (AvgIpc) is 2.27. The molecule has 0 bridgehead atoms. The lowest BCUT2D eigenvalue weighted by Gasteiger charge is -2.14. The molecule has 3 N–H and O–H groups in total. The van der Waals surface area contributed by atoms with Crippen LogP contribution in [-0.4, -0.2) is 18.5 Å². The van der Waals surface area contributed by atoms with Gasteiger partial charge in [0.15, 0.2) is 0 Å².